The van der Waals surface area contributed by atoms with Crippen LogP contribution in [-0.4, -0.2) is 19.6 Å². The fraction of sp³-hybridized carbons (Fsp3) is 0.588. The van der Waals surface area contributed by atoms with Crippen molar-refractivity contribution >= 4 is 5.91 Å². The number of amides is 1. The van der Waals surface area contributed by atoms with Gasteiger partial charge in [-0.15, -0.1) is 0 Å². The number of hydrogen-bond donors (Lipinski definition) is 2. The van der Waals surface area contributed by atoms with Gasteiger partial charge in [-0.25, -0.2) is 0 Å². The average molecular weight is 292 g/mol. The summed E-state index contributed by atoms with van der Waals surface area (Å²) >= 11 is 0. The number of nitrogens with one attached hydrogen (secondary N) is 1. The molecule has 1 aromatic carbocycles. The Morgan fingerprint density at radius 3 is 2.76 bits per heavy atom. The molecule has 3 N–H and O–H groups in total. The van der Waals surface area contributed by atoms with Gasteiger partial charge in [0.1, 0.15) is 0 Å². The van der Waals surface area contributed by atoms with Gasteiger partial charge in [-0.1, -0.05) is 37.6 Å². The van der Waals surface area contributed by atoms with Crippen LogP contribution in [0.25, 0.3) is 0 Å². The second-order valence-corrected chi connectivity index (χ2v) is 5.42. The van der Waals surface area contributed by atoms with Crippen molar-refractivity contribution in [2.24, 2.45) is 11.7 Å². The molecule has 118 valence electrons. The number of hydrogen-bond acceptors (Lipinski definition) is 3. The van der Waals surface area contributed by atoms with Gasteiger partial charge in [-0.2, -0.15) is 0 Å². The van der Waals surface area contributed by atoms with E-state index in [9.17, 15) is 4.79 Å². The van der Waals surface area contributed by atoms with Crippen molar-refractivity contribution in [1.29, 1.82) is 0 Å². The maximum absolute atomic E-state index is 11.9. The van der Waals surface area contributed by atoms with E-state index >= 15 is 0 Å². The van der Waals surface area contributed by atoms with E-state index in [0.29, 0.717) is 32.0 Å². The Morgan fingerprint density at radius 2 is 2.10 bits per heavy atom. The highest BCUT2D eigenvalue weighted by atomic mass is 16.5. The Hall–Kier alpha value is -1.39. The van der Waals surface area contributed by atoms with Crippen LogP contribution >= 0.6 is 0 Å². The predicted octanol–water partition coefficient (Wildman–Crippen LogP) is 2.60. The SMILES string of the molecule is CCC(CCN)CCC(=O)NCc1cccc(COC)c1. The third kappa shape index (κ3) is 7.25. The largest absolute Gasteiger partial charge is 0.380 e. The first-order valence-corrected chi connectivity index (χ1v) is 7.73. The van der Waals surface area contributed by atoms with Gasteiger partial charge in [0.15, 0.2) is 0 Å². The fourth-order valence-corrected chi connectivity index (χ4v) is 2.41. The van der Waals surface area contributed by atoms with Crippen molar-refractivity contribution in [3.05, 3.63) is 35.4 Å². The number of ether oxygens (including phenoxy) is 1. The topological polar surface area (TPSA) is 64.4 Å². The molecule has 1 rings (SSSR count). The first kappa shape index (κ1) is 17.7. The zero-order chi connectivity index (χ0) is 15.5. The van der Waals surface area contributed by atoms with Crippen molar-refractivity contribution in [3.63, 3.8) is 0 Å². The third-order valence-corrected chi connectivity index (χ3v) is 3.72. The molecule has 0 bridgehead atoms. The molecule has 0 aromatic heterocycles. The summed E-state index contributed by atoms with van der Waals surface area (Å²) < 4.78 is 5.11. The Labute approximate surface area is 128 Å². The van der Waals surface area contributed by atoms with E-state index in [0.717, 1.165) is 30.4 Å². The molecule has 21 heavy (non-hydrogen) atoms. The summed E-state index contributed by atoms with van der Waals surface area (Å²) in [5.74, 6) is 0.674. The smallest absolute Gasteiger partial charge is 0.220 e. The highest BCUT2D eigenvalue weighted by Gasteiger charge is 2.08. The van der Waals surface area contributed by atoms with E-state index in [4.69, 9.17) is 10.5 Å². The maximum atomic E-state index is 11.9. The minimum atomic E-state index is 0.114. The molecule has 0 radical (unpaired) electrons. The van der Waals surface area contributed by atoms with Crippen molar-refractivity contribution in [3.8, 4) is 0 Å². The minimum absolute atomic E-state index is 0.114. The summed E-state index contributed by atoms with van der Waals surface area (Å²) in [7, 11) is 1.68. The lowest BCUT2D eigenvalue weighted by molar-refractivity contribution is -0.121. The molecule has 0 fully saturated rings. The molecule has 0 saturated carbocycles. The molecule has 1 amide bonds. The molecule has 1 unspecified atom stereocenters. The quantitative estimate of drug-likeness (QED) is 0.696. The number of benzene rings is 1. The number of nitrogens with two attached hydrogens (primary N) is 1. The number of methoxy groups -OCH3 is 1. The van der Waals surface area contributed by atoms with E-state index in [1.54, 1.807) is 7.11 Å². The number of carbonyl (C=O) groups is 1. The number of rotatable bonds is 10. The van der Waals surface area contributed by atoms with Crippen LogP contribution in [0.3, 0.4) is 0 Å². The van der Waals surface area contributed by atoms with Crippen LogP contribution in [0.1, 0.15) is 43.7 Å². The average Bonchev–Trinajstić information content (AvgIpc) is 2.50. The zero-order valence-corrected chi connectivity index (χ0v) is 13.2. The van der Waals surface area contributed by atoms with Gasteiger partial charge in [-0.05, 0) is 36.4 Å². The summed E-state index contributed by atoms with van der Waals surface area (Å²) in [6.07, 6.45) is 3.59. The van der Waals surface area contributed by atoms with E-state index < -0.39 is 0 Å². The first-order chi connectivity index (χ1) is 10.2. The fourth-order valence-electron chi connectivity index (χ4n) is 2.41. The Kier molecular flexibility index (Phi) is 8.71. The van der Waals surface area contributed by atoms with Crippen LogP contribution in [0.4, 0.5) is 0 Å². The van der Waals surface area contributed by atoms with Gasteiger partial charge in [0.05, 0.1) is 6.61 Å². The lowest BCUT2D eigenvalue weighted by atomic mass is 9.96. The lowest BCUT2D eigenvalue weighted by Gasteiger charge is -2.13. The van der Waals surface area contributed by atoms with Crippen LogP contribution in [-0.2, 0) is 22.7 Å². The standard InChI is InChI=1S/C17H28N2O2/c1-3-14(9-10-18)7-8-17(20)19-12-15-5-4-6-16(11-15)13-21-2/h4-6,11,14H,3,7-10,12-13,18H2,1-2H3,(H,19,20). The van der Waals surface area contributed by atoms with Gasteiger partial charge < -0.3 is 15.8 Å². The minimum Gasteiger partial charge on any atom is -0.380 e. The van der Waals surface area contributed by atoms with Crippen molar-refractivity contribution in [1.82, 2.24) is 5.32 Å². The summed E-state index contributed by atoms with van der Waals surface area (Å²) in [6, 6.07) is 8.09. The van der Waals surface area contributed by atoms with Gasteiger partial charge in [0.25, 0.3) is 0 Å². The van der Waals surface area contributed by atoms with Gasteiger partial charge in [0.2, 0.25) is 5.91 Å². The highest BCUT2D eigenvalue weighted by molar-refractivity contribution is 5.75. The molecular weight excluding hydrogens is 264 g/mol. The predicted molar refractivity (Wildman–Crippen MR) is 85.7 cm³/mol. The third-order valence-electron chi connectivity index (χ3n) is 3.72. The molecule has 0 saturated heterocycles. The second kappa shape index (κ2) is 10.4. The molecule has 1 aromatic rings. The lowest BCUT2D eigenvalue weighted by Crippen LogP contribution is -2.23. The second-order valence-electron chi connectivity index (χ2n) is 5.42. The summed E-state index contributed by atoms with van der Waals surface area (Å²) in [4.78, 5) is 11.9. The summed E-state index contributed by atoms with van der Waals surface area (Å²) in [5, 5.41) is 2.98. The van der Waals surface area contributed by atoms with Crippen molar-refractivity contribution in [2.75, 3.05) is 13.7 Å². The summed E-state index contributed by atoms with van der Waals surface area (Å²) in [5.41, 5.74) is 7.80. The Balaban J connectivity index is 2.33. The molecule has 0 heterocycles. The van der Waals surface area contributed by atoms with Crippen LogP contribution in [0, 0.1) is 5.92 Å². The Morgan fingerprint density at radius 1 is 1.33 bits per heavy atom. The van der Waals surface area contributed by atoms with E-state index in [1.807, 2.05) is 18.2 Å². The molecule has 0 spiro atoms. The van der Waals surface area contributed by atoms with Crippen LogP contribution in [0.15, 0.2) is 24.3 Å². The molecule has 0 aliphatic heterocycles. The van der Waals surface area contributed by atoms with Crippen molar-refractivity contribution < 1.29 is 9.53 Å². The van der Waals surface area contributed by atoms with Crippen LogP contribution in [0.5, 0.6) is 0 Å². The van der Waals surface area contributed by atoms with E-state index in [1.165, 1.54) is 0 Å². The Bertz CT molecular complexity index is 421. The van der Waals surface area contributed by atoms with Crippen LogP contribution in [0.2, 0.25) is 0 Å². The van der Waals surface area contributed by atoms with Crippen molar-refractivity contribution in [2.45, 2.75) is 45.8 Å². The van der Waals surface area contributed by atoms with Gasteiger partial charge >= 0.3 is 0 Å². The van der Waals surface area contributed by atoms with E-state index in [-0.39, 0.29) is 5.91 Å². The maximum Gasteiger partial charge on any atom is 0.220 e. The molecule has 0 aliphatic rings. The molecule has 0 aliphatic carbocycles. The number of carbonyl (C=O) groups excluding carboxylic acids is 1. The normalized spacial score (nSPS) is 12.1. The van der Waals surface area contributed by atoms with Crippen LogP contribution < -0.4 is 11.1 Å². The monoisotopic (exact) mass is 292 g/mol. The first-order valence-electron chi connectivity index (χ1n) is 7.73. The molecule has 1 atom stereocenters. The van der Waals surface area contributed by atoms with E-state index in [2.05, 4.69) is 18.3 Å². The zero-order valence-electron chi connectivity index (χ0n) is 13.2. The highest BCUT2D eigenvalue weighted by Crippen LogP contribution is 2.14. The summed E-state index contributed by atoms with van der Waals surface area (Å²) in [6.45, 7) is 4.02. The molecule has 4 heteroatoms. The molecule has 4 nitrogen and oxygen atoms in total. The molecular formula is C17H28N2O2. The van der Waals surface area contributed by atoms with Gasteiger partial charge in [0, 0.05) is 20.1 Å². The van der Waals surface area contributed by atoms with Gasteiger partial charge in [-0.3, -0.25) is 4.79 Å².